The van der Waals surface area contributed by atoms with E-state index >= 15 is 0 Å². The number of nitrogens with zero attached hydrogens (tertiary/aromatic N) is 4. The third-order valence-electron chi connectivity index (χ3n) is 3.20. The summed E-state index contributed by atoms with van der Waals surface area (Å²) in [6.07, 6.45) is 2.63. The normalized spacial score (nSPS) is 13.0. The van der Waals surface area contributed by atoms with Gasteiger partial charge in [-0.25, -0.2) is 0 Å². The van der Waals surface area contributed by atoms with Crippen molar-refractivity contribution in [3.8, 4) is 0 Å². The van der Waals surface area contributed by atoms with E-state index in [-0.39, 0.29) is 6.04 Å². The highest BCUT2D eigenvalue weighted by Crippen LogP contribution is 2.19. The van der Waals surface area contributed by atoms with Crippen LogP contribution in [-0.2, 0) is 20.5 Å². The highest BCUT2D eigenvalue weighted by atomic mass is 15.3. The van der Waals surface area contributed by atoms with Gasteiger partial charge in [-0.15, -0.1) is 0 Å². The molecule has 0 radical (unpaired) electrons. The van der Waals surface area contributed by atoms with Gasteiger partial charge in [0.25, 0.3) is 0 Å². The molecule has 0 aliphatic rings. The second-order valence-electron chi connectivity index (χ2n) is 4.52. The van der Waals surface area contributed by atoms with E-state index < -0.39 is 0 Å². The van der Waals surface area contributed by atoms with Crippen LogP contribution in [0.1, 0.15) is 28.7 Å². The number of aryl methyl sites for hydroxylation is 3. The number of aromatic nitrogens is 4. The maximum atomic E-state index is 6.22. The van der Waals surface area contributed by atoms with Crippen LogP contribution in [-0.4, -0.2) is 19.6 Å². The fourth-order valence-corrected chi connectivity index (χ4v) is 2.07. The van der Waals surface area contributed by atoms with E-state index in [4.69, 9.17) is 5.73 Å². The Balaban J connectivity index is 2.19. The van der Waals surface area contributed by atoms with Crippen molar-refractivity contribution in [2.45, 2.75) is 26.3 Å². The van der Waals surface area contributed by atoms with E-state index in [1.165, 1.54) is 0 Å². The van der Waals surface area contributed by atoms with Gasteiger partial charge in [0.1, 0.15) is 0 Å². The van der Waals surface area contributed by atoms with Crippen LogP contribution in [0.4, 0.5) is 0 Å². The minimum atomic E-state index is -0.0292. The minimum absolute atomic E-state index is 0.0292. The Morgan fingerprint density at radius 2 is 2.00 bits per heavy atom. The first-order valence-electron chi connectivity index (χ1n) is 5.72. The number of nitrogens with two attached hydrogens (primary N) is 1. The Morgan fingerprint density at radius 1 is 1.29 bits per heavy atom. The molecule has 2 N–H and O–H groups in total. The van der Waals surface area contributed by atoms with E-state index in [9.17, 15) is 0 Å². The zero-order valence-electron chi connectivity index (χ0n) is 10.8. The molecule has 0 fully saturated rings. The van der Waals surface area contributed by atoms with Crippen molar-refractivity contribution in [3.63, 3.8) is 0 Å². The molecule has 0 aliphatic carbocycles. The lowest BCUT2D eigenvalue weighted by Crippen LogP contribution is -2.16. The van der Waals surface area contributed by atoms with Crippen LogP contribution < -0.4 is 5.73 Å². The smallest absolute Gasteiger partial charge is 0.0596 e. The zero-order chi connectivity index (χ0) is 12.6. The summed E-state index contributed by atoms with van der Waals surface area (Å²) in [6.45, 7) is 4.03. The van der Waals surface area contributed by atoms with Gasteiger partial charge in [-0.2, -0.15) is 10.2 Å². The lowest BCUT2D eigenvalue weighted by atomic mass is 10.0. The van der Waals surface area contributed by atoms with Crippen molar-refractivity contribution in [1.82, 2.24) is 19.6 Å². The monoisotopic (exact) mass is 233 g/mol. The summed E-state index contributed by atoms with van der Waals surface area (Å²) in [5, 5.41) is 8.55. The molecule has 0 aromatic carbocycles. The summed E-state index contributed by atoms with van der Waals surface area (Å²) in [4.78, 5) is 0. The Hall–Kier alpha value is -1.62. The first kappa shape index (κ1) is 11.9. The Kier molecular flexibility index (Phi) is 3.02. The first-order chi connectivity index (χ1) is 7.99. The molecule has 0 spiro atoms. The predicted octanol–water partition coefficient (Wildman–Crippen LogP) is 1.01. The molecule has 0 bridgehead atoms. The van der Waals surface area contributed by atoms with Gasteiger partial charge < -0.3 is 5.73 Å². The summed E-state index contributed by atoms with van der Waals surface area (Å²) >= 11 is 0. The number of hydrogen-bond donors (Lipinski definition) is 1. The lowest BCUT2D eigenvalue weighted by Gasteiger charge is -2.11. The molecule has 0 amide bonds. The second-order valence-corrected chi connectivity index (χ2v) is 4.52. The summed E-state index contributed by atoms with van der Waals surface area (Å²) < 4.78 is 3.74. The predicted molar refractivity (Wildman–Crippen MR) is 66.5 cm³/mol. The summed E-state index contributed by atoms with van der Waals surface area (Å²) in [7, 11) is 3.88. The quantitative estimate of drug-likeness (QED) is 0.860. The Morgan fingerprint density at radius 3 is 2.47 bits per heavy atom. The molecule has 2 heterocycles. The molecular formula is C12H19N5. The van der Waals surface area contributed by atoms with Gasteiger partial charge in [-0.3, -0.25) is 9.36 Å². The molecule has 92 valence electrons. The van der Waals surface area contributed by atoms with Crippen molar-refractivity contribution in [1.29, 1.82) is 0 Å². The fourth-order valence-electron chi connectivity index (χ4n) is 2.07. The van der Waals surface area contributed by atoms with Crippen molar-refractivity contribution < 1.29 is 0 Å². The van der Waals surface area contributed by atoms with Crippen molar-refractivity contribution in [3.05, 3.63) is 34.9 Å². The van der Waals surface area contributed by atoms with Gasteiger partial charge in [0.15, 0.2) is 0 Å². The molecule has 0 saturated carbocycles. The second kappa shape index (κ2) is 4.33. The zero-order valence-corrected chi connectivity index (χ0v) is 10.8. The molecular weight excluding hydrogens is 214 g/mol. The van der Waals surface area contributed by atoms with Crippen LogP contribution in [0.25, 0.3) is 0 Å². The maximum Gasteiger partial charge on any atom is 0.0596 e. The van der Waals surface area contributed by atoms with E-state index in [1.54, 1.807) is 0 Å². The van der Waals surface area contributed by atoms with E-state index in [0.717, 1.165) is 29.1 Å². The molecule has 0 saturated heterocycles. The van der Waals surface area contributed by atoms with E-state index in [2.05, 4.69) is 16.3 Å². The van der Waals surface area contributed by atoms with Gasteiger partial charge in [0.05, 0.1) is 11.9 Å². The van der Waals surface area contributed by atoms with Gasteiger partial charge in [0.2, 0.25) is 0 Å². The summed E-state index contributed by atoms with van der Waals surface area (Å²) in [5.41, 5.74) is 10.6. The fraction of sp³-hybridized carbons (Fsp3) is 0.500. The van der Waals surface area contributed by atoms with E-state index in [0.29, 0.717) is 0 Å². The molecule has 1 atom stereocenters. The third kappa shape index (κ3) is 2.24. The van der Waals surface area contributed by atoms with Crippen molar-refractivity contribution in [2.24, 2.45) is 19.8 Å². The van der Waals surface area contributed by atoms with Crippen LogP contribution in [0.3, 0.4) is 0 Å². The lowest BCUT2D eigenvalue weighted by molar-refractivity contribution is 0.635. The van der Waals surface area contributed by atoms with Gasteiger partial charge in [0, 0.05) is 43.5 Å². The van der Waals surface area contributed by atoms with Gasteiger partial charge in [-0.05, 0) is 19.9 Å². The van der Waals surface area contributed by atoms with Crippen molar-refractivity contribution in [2.75, 3.05) is 0 Å². The highest BCUT2D eigenvalue weighted by Gasteiger charge is 2.15. The molecule has 2 aromatic heterocycles. The number of rotatable bonds is 3. The first-order valence-corrected chi connectivity index (χ1v) is 5.72. The van der Waals surface area contributed by atoms with Gasteiger partial charge >= 0.3 is 0 Å². The van der Waals surface area contributed by atoms with Gasteiger partial charge in [-0.1, -0.05) is 0 Å². The molecule has 2 rings (SSSR count). The maximum absolute atomic E-state index is 6.22. The Labute approximate surface area is 101 Å². The van der Waals surface area contributed by atoms with Crippen LogP contribution in [0.5, 0.6) is 0 Å². The standard InChI is InChI=1S/C12H19N5/c1-8-5-10(17(4)15-8)6-12(13)11-7-14-16(3)9(11)2/h5,7,12H,6,13H2,1-4H3. The number of hydrogen-bond acceptors (Lipinski definition) is 3. The SMILES string of the molecule is Cc1cc(CC(N)c2cnn(C)c2C)n(C)n1. The molecule has 1 unspecified atom stereocenters. The molecule has 0 aliphatic heterocycles. The highest BCUT2D eigenvalue weighted by molar-refractivity contribution is 5.22. The average molecular weight is 233 g/mol. The van der Waals surface area contributed by atoms with Crippen LogP contribution >= 0.6 is 0 Å². The Bertz CT molecular complexity index is 523. The molecule has 2 aromatic rings. The summed E-state index contributed by atoms with van der Waals surface area (Å²) in [5.74, 6) is 0. The average Bonchev–Trinajstić information content (AvgIpc) is 2.73. The summed E-state index contributed by atoms with van der Waals surface area (Å²) in [6, 6.07) is 2.05. The molecule has 5 nitrogen and oxygen atoms in total. The van der Waals surface area contributed by atoms with Crippen LogP contribution in [0, 0.1) is 13.8 Å². The largest absolute Gasteiger partial charge is 0.324 e. The van der Waals surface area contributed by atoms with Crippen LogP contribution in [0.2, 0.25) is 0 Å². The molecule has 17 heavy (non-hydrogen) atoms. The third-order valence-corrected chi connectivity index (χ3v) is 3.20. The van der Waals surface area contributed by atoms with Crippen molar-refractivity contribution >= 4 is 0 Å². The minimum Gasteiger partial charge on any atom is -0.324 e. The van der Waals surface area contributed by atoms with E-state index in [1.807, 2.05) is 43.5 Å². The molecule has 5 heteroatoms. The topological polar surface area (TPSA) is 61.7 Å². The van der Waals surface area contributed by atoms with Crippen LogP contribution in [0.15, 0.2) is 12.3 Å².